The normalized spacial score (nSPS) is 17.4. The Labute approximate surface area is 293 Å². The second-order valence-corrected chi connectivity index (χ2v) is 24.1. The van der Waals surface area contributed by atoms with Gasteiger partial charge < -0.3 is 19.1 Å². The molecule has 4 rings (SSSR count). The van der Waals surface area contributed by atoms with Crippen molar-refractivity contribution < 1.29 is 45.4 Å². The Bertz CT molecular complexity index is 1830. The minimum Gasteiger partial charge on any atom is -0.460 e. The number of nitrogens with zero attached hydrogens (tertiary/aromatic N) is 1. The van der Waals surface area contributed by atoms with E-state index in [4.69, 9.17) is 9.47 Å². The Hall–Kier alpha value is -3.53. The average molecular weight is 750 g/mol. The van der Waals surface area contributed by atoms with Gasteiger partial charge >= 0.3 is 18.0 Å². The van der Waals surface area contributed by atoms with Crippen molar-refractivity contribution in [3.8, 4) is 0 Å². The van der Waals surface area contributed by atoms with Crippen molar-refractivity contribution in [3.63, 3.8) is 0 Å². The van der Waals surface area contributed by atoms with Crippen LogP contribution in [0.4, 0.5) is 4.79 Å². The molecule has 266 valence electrons. The minimum absolute atomic E-state index is 0.0422. The Balaban J connectivity index is 1.69. The molecule has 0 saturated heterocycles. The summed E-state index contributed by atoms with van der Waals surface area (Å²) in [4.78, 5) is 37.2. The third-order valence-electron chi connectivity index (χ3n) is 8.85. The quantitative estimate of drug-likeness (QED) is 0.114. The number of thiophene rings is 1. The number of fused-ring (bicyclic) bond motifs is 1. The van der Waals surface area contributed by atoms with E-state index >= 15 is 0 Å². The fourth-order valence-corrected chi connectivity index (χ4v) is 20.8. The summed E-state index contributed by atoms with van der Waals surface area (Å²) in [6.07, 6.45) is -0.732. The molecule has 0 saturated carbocycles. The molecular weight excluding hydrogens is 707 g/mol. The lowest BCUT2D eigenvalue weighted by Gasteiger charge is -2.43. The summed E-state index contributed by atoms with van der Waals surface area (Å²) in [5.41, 5.74) is 0.246. The first kappa shape index (κ1) is 38.3. The Morgan fingerprint density at radius 1 is 0.939 bits per heavy atom. The van der Waals surface area contributed by atoms with Gasteiger partial charge in [-0.3, -0.25) is 4.79 Å². The maximum absolute atomic E-state index is 14.6. The van der Waals surface area contributed by atoms with Crippen LogP contribution in [-0.4, -0.2) is 84.8 Å². The van der Waals surface area contributed by atoms with Crippen molar-refractivity contribution >= 4 is 67.5 Å². The zero-order chi connectivity index (χ0) is 36.2. The molecule has 3 aromatic rings. The fourth-order valence-electron chi connectivity index (χ4n) is 6.28. The van der Waals surface area contributed by atoms with E-state index in [1.54, 1.807) is 13.8 Å². The molecule has 49 heavy (non-hydrogen) atoms. The predicted molar refractivity (Wildman–Crippen MR) is 189 cm³/mol. The third kappa shape index (κ3) is 8.11. The smallest absolute Gasteiger partial charge is 0.410 e. The molecule has 1 aliphatic rings. The lowest BCUT2D eigenvalue weighted by Crippen LogP contribution is -2.68. The van der Waals surface area contributed by atoms with E-state index in [1.165, 1.54) is 11.0 Å². The van der Waals surface area contributed by atoms with Crippen LogP contribution in [0.25, 0.3) is 0 Å². The molecule has 0 radical (unpaired) electrons. The van der Waals surface area contributed by atoms with Gasteiger partial charge in [-0.1, -0.05) is 91.8 Å². The molecule has 1 amide bonds. The monoisotopic (exact) mass is 749 g/mol. The van der Waals surface area contributed by atoms with Gasteiger partial charge in [-0.05, 0) is 31.4 Å². The summed E-state index contributed by atoms with van der Waals surface area (Å²) in [7, 11) is -11.1. The van der Waals surface area contributed by atoms with Gasteiger partial charge in [0, 0.05) is 19.0 Å². The van der Waals surface area contributed by atoms with Crippen LogP contribution < -0.4 is 10.4 Å². The van der Waals surface area contributed by atoms with Crippen LogP contribution in [0.1, 0.15) is 59.6 Å². The molecule has 15 heteroatoms. The molecule has 0 unspecified atom stereocenters. The molecular formula is C34H43NO10S3Si. The highest BCUT2D eigenvalue weighted by Gasteiger charge is 2.52. The summed E-state index contributed by atoms with van der Waals surface area (Å²) in [6, 6.07) is 20.0. The second kappa shape index (κ2) is 15.2. The number of amides is 1. The summed E-state index contributed by atoms with van der Waals surface area (Å²) in [5.74, 6) is -1.45. The largest absolute Gasteiger partial charge is 0.460 e. The van der Waals surface area contributed by atoms with Crippen molar-refractivity contribution in [3.05, 3.63) is 72.3 Å². The topological polar surface area (TPSA) is 150 Å². The molecule has 1 aliphatic heterocycles. The average Bonchev–Trinajstić information content (AvgIpc) is 3.52. The molecule has 0 spiro atoms. The van der Waals surface area contributed by atoms with E-state index < -0.39 is 68.7 Å². The maximum atomic E-state index is 14.6. The number of benzene rings is 2. The van der Waals surface area contributed by atoms with Gasteiger partial charge in [-0.25, -0.2) is 26.4 Å². The molecule has 2 atom stereocenters. The van der Waals surface area contributed by atoms with Gasteiger partial charge in [0.2, 0.25) is 0 Å². The number of carbonyl (C=O) groups excluding carboxylic acids is 3. The molecule has 0 aliphatic carbocycles. The number of esters is 2. The van der Waals surface area contributed by atoms with Gasteiger partial charge in [0.1, 0.15) is 29.7 Å². The predicted octanol–water partition coefficient (Wildman–Crippen LogP) is 4.30. The number of ether oxygens (including phenoxy) is 3. The zero-order valence-electron chi connectivity index (χ0n) is 28.5. The van der Waals surface area contributed by atoms with E-state index in [2.05, 4.69) is 25.5 Å². The van der Waals surface area contributed by atoms with Crippen molar-refractivity contribution in [1.82, 2.24) is 4.90 Å². The number of hydrogen-bond acceptors (Lipinski definition) is 11. The first-order valence-electron chi connectivity index (χ1n) is 15.9. The van der Waals surface area contributed by atoms with E-state index in [1.807, 2.05) is 60.7 Å². The van der Waals surface area contributed by atoms with Gasteiger partial charge in [0.05, 0.1) is 16.7 Å². The van der Waals surface area contributed by atoms with E-state index in [9.17, 15) is 31.2 Å². The molecule has 0 fully saturated rings. The Morgan fingerprint density at radius 3 is 2.00 bits per heavy atom. The number of carbonyl (C=O) groups is 3. The number of hydrogen-bond donors (Lipinski definition) is 0. The SMILES string of the molecule is CCN(C(=O)OCCOC(=O)COC(C)=O)[C@H]1C[C@H](C)S(=O)(=O)c2sc(S(=O)(=O)C[Si](c3ccccc3)(c3ccccc3)C(C)(C)C)cc21. The van der Waals surface area contributed by atoms with Gasteiger partial charge in [0.15, 0.2) is 26.3 Å². The summed E-state index contributed by atoms with van der Waals surface area (Å²) >= 11 is 0.744. The minimum atomic E-state index is -4.07. The molecule has 11 nitrogen and oxygen atoms in total. The van der Waals surface area contributed by atoms with Crippen LogP contribution >= 0.6 is 11.3 Å². The first-order valence-corrected chi connectivity index (χ1v) is 22.1. The van der Waals surface area contributed by atoms with Crippen LogP contribution in [0, 0.1) is 0 Å². The number of rotatable bonds is 12. The summed E-state index contributed by atoms with van der Waals surface area (Å²) in [5, 5.41) is 0.372. The molecule has 2 aromatic carbocycles. The van der Waals surface area contributed by atoms with Gasteiger partial charge in [-0.2, -0.15) is 0 Å². The van der Waals surface area contributed by atoms with E-state index in [0.29, 0.717) is 0 Å². The molecule has 2 heterocycles. The van der Waals surface area contributed by atoms with E-state index in [0.717, 1.165) is 28.6 Å². The van der Waals surface area contributed by atoms with Crippen molar-refractivity contribution in [2.45, 2.75) is 72.7 Å². The third-order valence-corrected chi connectivity index (χ3v) is 22.7. The standard InChI is InChI=1S/C34H43NO10S3Si/c1-7-35(33(38)44-19-18-43-30(37)22-45-25(3)36)29-20-24(2)48(41,42)32-28(29)21-31(46-32)47(39,40)23-49(34(4,5)6,26-14-10-8-11-15-26)27-16-12-9-13-17-27/h8-17,21,24,29H,7,18-20,22-23H2,1-6H3/t24-,29-/m0/s1. The number of sulfone groups is 2. The lowest BCUT2D eigenvalue weighted by atomic mass is 10.0. The van der Waals surface area contributed by atoms with E-state index in [-0.39, 0.29) is 45.5 Å². The van der Waals surface area contributed by atoms with Crippen LogP contribution in [-0.2, 0) is 43.5 Å². The highest BCUT2D eigenvalue weighted by molar-refractivity contribution is 7.97. The molecule has 0 N–H and O–H groups in total. The first-order chi connectivity index (χ1) is 23.0. The van der Waals surface area contributed by atoms with Crippen LogP contribution in [0.5, 0.6) is 0 Å². The van der Waals surface area contributed by atoms with Crippen molar-refractivity contribution in [1.29, 1.82) is 0 Å². The summed E-state index contributed by atoms with van der Waals surface area (Å²) < 4.78 is 71.2. The maximum Gasteiger partial charge on any atom is 0.410 e. The van der Waals surface area contributed by atoms with Gasteiger partial charge in [-0.15, -0.1) is 11.3 Å². The van der Waals surface area contributed by atoms with Crippen LogP contribution in [0.2, 0.25) is 5.04 Å². The van der Waals surface area contributed by atoms with Gasteiger partial charge in [0.25, 0.3) is 0 Å². The fraction of sp³-hybridized carbons (Fsp3) is 0.441. The van der Waals surface area contributed by atoms with Crippen LogP contribution in [0.3, 0.4) is 0 Å². The Kier molecular flexibility index (Phi) is 11.8. The highest BCUT2D eigenvalue weighted by atomic mass is 32.3. The summed E-state index contributed by atoms with van der Waals surface area (Å²) in [6.45, 7) is 9.57. The van der Waals surface area contributed by atoms with Crippen LogP contribution in [0.15, 0.2) is 75.1 Å². The van der Waals surface area contributed by atoms with Crippen molar-refractivity contribution in [2.75, 3.05) is 31.7 Å². The molecule has 0 bridgehead atoms. The molecule has 1 aromatic heterocycles. The Morgan fingerprint density at radius 2 is 1.49 bits per heavy atom. The lowest BCUT2D eigenvalue weighted by molar-refractivity contribution is -0.158. The van der Waals surface area contributed by atoms with Crippen molar-refractivity contribution in [2.24, 2.45) is 0 Å². The highest BCUT2D eigenvalue weighted by Crippen LogP contribution is 2.46. The zero-order valence-corrected chi connectivity index (χ0v) is 32.0. The second-order valence-electron chi connectivity index (χ2n) is 13.0.